The summed E-state index contributed by atoms with van der Waals surface area (Å²) < 4.78 is 0. The van der Waals surface area contributed by atoms with E-state index in [0.717, 1.165) is 32.2 Å². The fourth-order valence-electron chi connectivity index (χ4n) is 4.05. The van der Waals surface area contributed by atoms with Crippen LogP contribution in [0.25, 0.3) is 0 Å². The van der Waals surface area contributed by atoms with Crippen LogP contribution in [0.3, 0.4) is 0 Å². The monoisotopic (exact) mass is 306 g/mol. The summed E-state index contributed by atoms with van der Waals surface area (Å²) in [5.41, 5.74) is 7.44. The van der Waals surface area contributed by atoms with Crippen LogP contribution in [-0.4, -0.2) is 23.9 Å². The first-order chi connectivity index (χ1) is 10.2. The van der Waals surface area contributed by atoms with E-state index in [1.54, 1.807) is 11.3 Å². The van der Waals surface area contributed by atoms with Gasteiger partial charge < -0.3 is 10.6 Å². The third kappa shape index (κ3) is 3.16. The maximum Gasteiger partial charge on any atom is 0.223 e. The molecule has 1 saturated heterocycles. The second kappa shape index (κ2) is 6.49. The SMILES string of the molecule is NCC1(CC(=O)N2CCCC2c2ccsc2)CCCCC1. The largest absolute Gasteiger partial charge is 0.336 e. The highest BCUT2D eigenvalue weighted by molar-refractivity contribution is 7.07. The van der Waals surface area contributed by atoms with Gasteiger partial charge in [0.15, 0.2) is 0 Å². The Morgan fingerprint density at radius 1 is 1.33 bits per heavy atom. The maximum atomic E-state index is 12.9. The lowest BCUT2D eigenvalue weighted by Gasteiger charge is -2.37. The number of amides is 1. The summed E-state index contributed by atoms with van der Waals surface area (Å²) in [6, 6.07) is 2.47. The number of rotatable bonds is 4. The molecule has 2 heterocycles. The van der Waals surface area contributed by atoms with E-state index >= 15 is 0 Å². The molecule has 1 unspecified atom stereocenters. The number of carbonyl (C=O) groups is 1. The van der Waals surface area contributed by atoms with Gasteiger partial charge in [-0.2, -0.15) is 11.3 Å². The highest BCUT2D eigenvalue weighted by atomic mass is 32.1. The van der Waals surface area contributed by atoms with Crippen LogP contribution in [0.2, 0.25) is 0 Å². The van der Waals surface area contributed by atoms with Crippen molar-refractivity contribution in [1.82, 2.24) is 4.90 Å². The van der Waals surface area contributed by atoms with Crippen molar-refractivity contribution in [2.75, 3.05) is 13.1 Å². The molecule has 1 saturated carbocycles. The molecule has 1 aromatic heterocycles. The molecule has 1 aromatic rings. The fourth-order valence-corrected chi connectivity index (χ4v) is 4.76. The minimum Gasteiger partial charge on any atom is -0.336 e. The normalized spacial score (nSPS) is 25.2. The summed E-state index contributed by atoms with van der Waals surface area (Å²) in [7, 11) is 0. The standard InChI is InChI=1S/C17H26N2OS/c18-13-17(7-2-1-3-8-17)11-16(20)19-9-4-5-15(19)14-6-10-21-12-14/h6,10,12,15H,1-5,7-9,11,13,18H2. The Kier molecular flexibility index (Phi) is 4.65. The van der Waals surface area contributed by atoms with Crippen LogP contribution in [0.4, 0.5) is 0 Å². The molecular formula is C17H26N2OS. The smallest absolute Gasteiger partial charge is 0.223 e. The number of thiophene rings is 1. The first-order valence-electron chi connectivity index (χ1n) is 8.26. The Morgan fingerprint density at radius 3 is 2.81 bits per heavy atom. The third-order valence-electron chi connectivity index (χ3n) is 5.37. The van der Waals surface area contributed by atoms with Gasteiger partial charge in [-0.15, -0.1) is 0 Å². The van der Waals surface area contributed by atoms with Gasteiger partial charge in [0.1, 0.15) is 0 Å². The topological polar surface area (TPSA) is 46.3 Å². The zero-order chi connectivity index (χ0) is 14.7. The molecule has 0 aromatic carbocycles. The van der Waals surface area contributed by atoms with E-state index in [-0.39, 0.29) is 5.41 Å². The van der Waals surface area contributed by atoms with E-state index in [0.29, 0.717) is 24.9 Å². The number of likely N-dealkylation sites (tertiary alicyclic amines) is 1. The summed E-state index contributed by atoms with van der Waals surface area (Å²) in [6.45, 7) is 1.58. The molecule has 1 atom stereocenters. The molecule has 0 bridgehead atoms. The Morgan fingerprint density at radius 2 is 2.14 bits per heavy atom. The molecule has 1 aliphatic heterocycles. The molecular weight excluding hydrogens is 280 g/mol. The number of nitrogens with zero attached hydrogens (tertiary/aromatic N) is 1. The third-order valence-corrected chi connectivity index (χ3v) is 6.08. The molecule has 4 heteroatoms. The molecule has 1 amide bonds. The molecule has 2 aliphatic rings. The highest BCUT2D eigenvalue weighted by Crippen LogP contribution is 2.41. The molecule has 2 N–H and O–H groups in total. The summed E-state index contributed by atoms with van der Waals surface area (Å²) in [5.74, 6) is 0.330. The molecule has 0 spiro atoms. The van der Waals surface area contributed by atoms with Gasteiger partial charge in [-0.25, -0.2) is 0 Å². The lowest BCUT2D eigenvalue weighted by molar-refractivity contribution is -0.135. The van der Waals surface area contributed by atoms with Gasteiger partial charge >= 0.3 is 0 Å². The van der Waals surface area contributed by atoms with Crippen molar-refractivity contribution in [2.45, 2.75) is 57.4 Å². The van der Waals surface area contributed by atoms with E-state index < -0.39 is 0 Å². The first-order valence-corrected chi connectivity index (χ1v) is 9.20. The summed E-state index contributed by atoms with van der Waals surface area (Å²) in [5, 5.41) is 4.30. The maximum absolute atomic E-state index is 12.9. The first kappa shape index (κ1) is 15.0. The van der Waals surface area contributed by atoms with Crippen LogP contribution < -0.4 is 5.73 Å². The predicted molar refractivity (Wildman–Crippen MR) is 87.2 cm³/mol. The van der Waals surface area contributed by atoms with Crippen LogP contribution in [0.5, 0.6) is 0 Å². The van der Waals surface area contributed by atoms with Crippen LogP contribution in [0.1, 0.15) is 63.0 Å². The second-order valence-electron chi connectivity index (χ2n) is 6.74. The van der Waals surface area contributed by atoms with E-state index in [9.17, 15) is 4.79 Å². The highest BCUT2D eigenvalue weighted by Gasteiger charge is 2.37. The average molecular weight is 306 g/mol. The summed E-state index contributed by atoms with van der Waals surface area (Å²) in [4.78, 5) is 15.0. The summed E-state index contributed by atoms with van der Waals surface area (Å²) in [6.07, 6.45) is 8.93. The predicted octanol–water partition coefficient (Wildman–Crippen LogP) is 3.71. The molecule has 2 fully saturated rings. The number of carbonyl (C=O) groups excluding carboxylic acids is 1. The molecule has 0 radical (unpaired) electrons. The van der Waals surface area contributed by atoms with Gasteiger partial charge in [-0.1, -0.05) is 19.3 Å². The van der Waals surface area contributed by atoms with Gasteiger partial charge in [-0.3, -0.25) is 4.79 Å². The molecule has 21 heavy (non-hydrogen) atoms. The van der Waals surface area contributed by atoms with Crippen molar-refractivity contribution < 1.29 is 4.79 Å². The van der Waals surface area contributed by atoms with Crippen molar-refractivity contribution in [3.8, 4) is 0 Å². The minimum atomic E-state index is 0.0805. The number of nitrogens with two attached hydrogens (primary N) is 1. The van der Waals surface area contributed by atoms with Gasteiger partial charge in [0, 0.05) is 13.0 Å². The Labute approximate surface area is 131 Å². The zero-order valence-electron chi connectivity index (χ0n) is 12.7. The van der Waals surface area contributed by atoms with E-state index in [1.807, 2.05) is 0 Å². The molecule has 116 valence electrons. The minimum absolute atomic E-state index is 0.0805. The molecule has 1 aliphatic carbocycles. The van der Waals surface area contributed by atoms with Gasteiger partial charge in [-0.05, 0) is 60.0 Å². The van der Waals surface area contributed by atoms with Gasteiger partial charge in [0.2, 0.25) is 5.91 Å². The fraction of sp³-hybridized carbons (Fsp3) is 0.706. The van der Waals surface area contributed by atoms with Crippen molar-refractivity contribution >= 4 is 17.2 Å². The average Bonchev–Trinajstić information content (AvgIpc) is 3.18. The van der Waals surface area contributed by atoms with E-state index in [2.05, 4.69) is 21.7 Å². The van der Waals surface area contributed by atoms with E-state index in [4.69, 9.17) is 5.73 Å². The zero-order valence-corrected chi connectivity index (χ0v) is 13.5. The summed E-state index contributed by atoms with van der Waals surface area (Å²) >= 11 is 1.72. The Hall–Kier alpha value is -0.870. The van der Waals surface area contributed by atoms with Crippen LogP contribution in [0, 0.1) is 5.41 Å². The molecule has 3 nitrogen and oxygen atoms in total. The van der Waals surface area contributed by atoms with Crippen molar-refractivity contribution in [3.05, 3.63) is 22.4 Å². The Bertz CT molecular complexity index is 465. The van der Waals surface area contributed by atoms with Gasteiger partial charge in [0.25, 0.3) is 0 Å². The molecule has 3 rings (SSSR count). The number of hydrogen-bond donors (Lipinski definition) is 1. The van der Waals surface area contributed by atoms with Crippen molar-refractivity contribution in [3.63, 3.8) is 0 Å². The van der Waals surface area contributed by atoms with E-state index in [1.165, 1.54) is 24.8 Å². The lowest BCUT2D eigenvalue weighted by atomic mass is 9.71. The Balaban J connectivity index is 1.69. The quantitative estimate of drug-likeness (QED) is 0.921. The second-order valence-corrected chi connectivity index (χ2v) is 7.52. The van der Waals surface area contributed by atoms with Crippen LogP contribution >= 0.6 is 11.3 Å². The van der Waals surface area contributed by atoms with Crippen LogP contribution in [0.15, 0.2) is 16.8 Å². The van der Waals surface area contributed by atoms with Crippen molar-refractivity contribution in [1.29, 1.82) is 0 Å². The van der Waals surface area contributed by atoms with Gasteiger partial charge in [0.05, 0.1) is 6.04 Å². The lowest BCUT2D eigenvalue weighted by Crippen LogP contribution is -2.40. The van der Waals surface area contributed by atoms with Crippen LogP contribution in [-0.2, 0) is 4.79 Å². The van der Waals surface area contributed by atoms with Crippen molar-refractivity contribution in [2.24, 2.45) is 11.1 Å². The number of hydrogen-bond acceptors (Lipinski definition) is 3.